The molecule has 4 rings (SSSR count). The van der Waals surface area contributed by atoms with Gasteiger partial charge in [-0.3, -0.25) is 9.59 Å². The summed E-state index contributed by atoms with van der Waals surface area (Å²) in [5, 5.41) is 6.44. The highest BCUT2D eigenvalue weighted by atomic mass is 32.1. The minimum atomic E-state index is -0.197. The number of unbranched alkanes of at least 4 members (excludes halogenated alkanes) is 2. The minimum Gasteiger partial charge on any atom is -0.346 e. The summed E-state index contributed by atoms with van der Waals surface area (Å²) in [6, 6.07) is 18.1. The number of amides is 1. The van der Waals surface area contributed by atoms with Crippen molar-refractivity contribution in [3.8, 4) is 11.3 Å². The van der Waals surface area contributed by atoms with Crippen LogP contribution in [0, 0.1) is 0 Å². The highest BCUT2D eigenvalue weighted by Crippen LogP contribution is 2.24. The number of H-pyrrole nitrogens is 1. The molecule has 0 bridgehead atoms. The lowest BCUT2D eigenvalue weighted by Crippen LogP contribution is -2.30. The van der Waals surface area contributed by atoms with Gasteiger partial charge >= 0.3 is 0 Å². The number of thiophene rings is 1. The van der Waals surface area contributed by atoms with Crippen molar-refractivity contribution in [2.45, 2.75) is 57.9 Å². The molecule has 0 aliphatic carbocycles. The molecule has 5 nitrogen and oxygen atoms in total. The molecule has 2 aromatic carbocycles. The Labute approximate surface area is 204 Å². The van der Waals surface area contributed by atoms with Crippen LogP contribution in [0.1, 0.15) is 62.9 Å². The van der Waals surface area contributed by atoms with E-state index in [2.05, 4.69) is 38.9 Å². The molecule has 0 saturated heterocycles. The predicted molar refractivity (Wildman–Crippen MR) is 139 cm³/mol. The van der Waals surface area contributed by atoms with Gasteiger partial charge in [0.25, 0.3) is 0 Å². The van der Waals surface area contributed by atoms with Gasteiger partial charge in [-0.05, 0) is 52.9 Å². The fraction of sp³-hybridized carbons (Fsp3) is 0.321. The van der Waals surface area contributed by atoms with Crippen LogP contribution < -0.4 is 5.32 Å². The molecule has 0 aliphatic heterocycles. The van der Waals surface area contributed by atoms with Gasteiger partial charge in [0.15, 0.2) is 0 Å². The van der Waals surface area contributed by atoms with Crippen molar-refractivity contribution in [2.75, 3.05) is 0 Å². The summed E-state index contributed by atoms with van der Waals surface area (Å²) in [5.74, 6) is 1.06. The highest BCUT2D eigenvalue weighted by molar-refractivity contribution is 7.17. The van der Waals surface area contributed by atoms with Gasteiger partial charge in [0.05, 0.1) is 24.4 Å². The molecule has 6 heteroatoms. The van der Waals surface area contributed by atoms with E-state index >= 15 is 0 Å². The van der Waals surface area contributed by atoms with E-state index in [1.54, 1.807) is 11.3 Å². The standard InChI is InChI=1S/C28H31N3O2S/c1-2-23(32)11-7-4-8-12-24(28-29-19-25(31-28)21-9-5-3-6-10-21)30-27(33)18-20-13-14-26-22(17-20)15-16-34-26/h3,5-6,9-10,13-17,19,24H,2,4,7-8,11-12,18H2,1H3,(H,29,31)(H,30,33)/t24-/m0/s1. The first-order valence-corrected chi connectivity index (χ1v) is 12.9. The van der Waals surface area contributed by atoms with Crippen molar-refractivity contribution in [2.24, 2.45) is 0 Å². The average molecular weight is 474 g/mol. The fourth-order valence-electron chi connectivity index (χ4n) is 4.14. The Bertz CT molecular complexity index is 1230. The number of fused-ring (bicyclic) bond motifs is 1. The first-order valence-electron chi connectivity index (χ1n) is 12.0. The largest absolute Gasteiger partial charge is 0.346 e. The fourth-order valence-corrected chi connectivity index (χ4v) is 4.91. The monoisotopic (exact) mass is 473 g/mol. The van der Waals surface area contributed by atoms with Gasteiger partial charge in [-0.1, -0.05) is 56.2 Å². The van der Waals surface area contributed by atoms with Crippen molar-refractivity contribution in [1.82, 2.24) is 15.3 Å². The molecule has 1 amide bonds. The van der Waals surface area contributed by atoms with Crippen LogP contribution in [0.2, 0.25) is 0 Å². The Balaban J connectivity index is 1.42. The second-order valence-corrected chi connectivity index (χ2v) is 9.58. The number of ketones is 1. The van der Waals surface area contributed by atoms with E-state index in [0.717, 1.165) is 48.3 Å². The summed E-state index contributed by atoms with van der Waals surface area (Å²) >= 11 is 1.71. The van der Waals surface area contributed by atoms with E-state index in [1.165, 1.54) is 10.1 Å². The zero-order valence-electron chi connectivity index (χ0n) is 19.5. The average Bonchev–Trinajstić information content (AvgIpc) is 3.53. The van der Waals surface area contributed by atoms with E-state index in [0.29, 0.717) is 25.0 Å². The first-order chi connectivity index (χ1) is 16.6. The summed E-state index contributed by atoms with van der Waals surface area (Å²) in [7, 11) is 0. The lowest BCUT2D eigenvalue weighted by Gasteiger charge is -2.17. The van der Waals surface area contributed by atoms with Crippen LogP contribution in [0.15, 0.2) is 66.2 Å². The van der Waals surface area contributed by atoms with Crippen LogP contribution in [0.5, 0.6) is 0 Å². The third-order valence-corrected chi connectivity index (χ3v) is 6.97. The van der Waals surface area contributed by atoms with Crippen LogP contribution in [0.3, 0.4) is 0 Å². The van der Waals surface area contributed by atoms with Crippen molar-refractivity contribution in [3.05, 3.63) is 77.6 Å². The second kappa shape index (κ2) is 11.7. The van der Waals surface area contributed by atoms with Gasteiger partial charge < -0.3 is 10.3 Å². The number of hydrogen-bond donors (Lipinski definition) is 2. The number of aromatic amines is 1. The predicted octanol–water partition coefficient (Wildman–Crippen LogP) is 6.62. The van der Waals surface area contributed by atoms with Gasteiger partial charge in [0, 0.05) is 17.5 Å². The van der Waals surface area contributed by atoms with Crippen LogP contribution in [-0.4, -0.2) is 21.7 Å². The number of imidazole rings is 1. The number of aromatic nitrogens is 2. The highest BCUT2D eigenvalue weighted by Gasteiger charge is 2.18. The lowest BCUT2D eigenvalue weighted by atomic mass is 10.0. The topological polar surface area (TPSA) is 74.8 Å². The quantitative estimate of drug-likeness (QED) is 0.227. The number of nitrogens with one attached hydrogen (secondary N) is 2. The molecule has 2 N–H and O–H groups in total. The Morgan fingerprint density at radius 1 is 1.06 bits per heavy atom. The second-order valence-electron chi connectivity index (χ2n) is 8.63. The lowest BCUT2D eigenvalue weighted by molar-refractivity contribution is -0.121. The summed E-state index contributed by atoms with van der Waals surface area (Å²) in [6.07, 6.45) is 6.94. The number of nitrogens with zero attached hydrogens (tertiary/aromatic N) is 1. The maximum absolute atomic E-state index is 13.0. The molecular formula is C28H31N3O2S. The van der Waals surface area contributed by atoms with Crippen LogP contribution in [0.4, 0.5) is 0 Å². The third-order valence-electron chi connectivity index (χ3n) is 6.07. The zero-order chi connectivity index (χ0) is 23.8. The van der Waals surface area contributed by atoms with E-state index in [4.69, 9.17) is 0 Å². The maximum atomic E-state index is 13.0. The molecular weight excluding hydrogens is 442 g/mol. The van der Waals surface area contributed by atoms with Crippen molar-refractivity contribution >= 4 is 33.1 Å². The molecule has 34 heavy (non-hydrogen) atoms. The van der Waals surface area contributed by atoms with Gasteiger partial charge in [-0.15, -0.1) is 11.3 Å². The summed E-state index contributed by atoms with van der Waals surface area (Å²) in [5.41, 5.74) is 3.00. The number of carbonyl (C=O) groups is 2. The molecule has 0 aliphatic rings. The van der Waals surface area contributed by atoms with E-state index in [-0.39, 0.29) is 11.9 Å². The Morgan fingerprint density at radius 2 is 1.91 bits per heavy atom. The zero-order valence-corrected chi connectivity index (χ0v) is 20.4. The molecule has 4 aromatic rings. The Kier molecular flexibility index (Phi) is 8.26. The smallest absolute Gasteiger partial charge is 0.225 e. The number of benzene rings is 2. The molecule has 2 aromatic heterocycles. The van der Waals surface area contributed by atoms with Crippen molar-refractivity contribution in [3.63, 3.8) is 0 Å². The first kappa shape index (κ1) is 23.9. The molecule has 1 atom stereocenters. The molecule has 0 unspecified atom stereocenters. The van der Waals surface area contributed by atoms with Gasteiger partial charge in [0.2, 0.25) is 5.91 Å². The van der Waals surface area contributed by atoms with Crippen molar-refractivity contribution in [1.29, 1.82) is 0 Å². The third kappa shape index (κ3) is 6.41. The van der Waals surface area contributed by atoms with Gasteiger partial charge in [0.1, 0.15) is 11.6 Å². The van der Waals surface area contributed by atoms with Crippen molar-refractivity contribution < 1.29 is 9.59 Å². The van der Waals surface area contributed by atoms with Crippen LogP contribution in [-0.2, 0) is 16.0 Å². The SMILES string of the molecule is CCC(=O)CCCCC[C@H](NC(=O)Cc1ccc2sccc2c1)c1ncc(-c2ccccc2)[nH]1. The maximum Gasteiger partial charge on any atom is 0.225 e. The minimum absolute atomic E-state index is 0.0154. The molecule has 2 heterocycles. The molecule has 0 fully saturated rings. The molecule has 176 valence electrons. The number of Topliss-reactive ketones (excluding diaryl/α,β-unsaturated/α-hetero) is 1. The van der Waals surface area contributed by atoms with Gasteiger partial charge in [-0.25, -0.2) is 4.98 Å². The molecule has 0 saturated carbocycles. The number of rotatable bonds is 12. The van der Waals surface area contributed by atoms with E-state index in [9.17, 15) is 9.59 Å². The number of hydrogen-bond acceptors (Lipinski definition) is 4. The van der Waals surface area contributed by atoms with Crippen LogP contribution in [0.25, 0.3) is 21.3 Å². The van der Waals surface area contributed by atoms with E-state index < -0.39 is 0 Å². The number of carbonyl (C=O) groups excluding carboxylic acids is 2. The van der Waals surface area contributed by atoms with Crippen LogP contribution >= 0.6 is 11.3 Å². The summed E-state index contributed by atoms with van der Waals surface area (Å²) < 4.78 is 1.23. The van der Waals surface area contributed by atoms with E-state index in [1.807, 2.05) is 49.5 Å². The molecule has 0 spiro atoms. The summed E-state index contributed by atoms with van der Waals surface area (Å²) in [4.78, 5) is 32.6. The normalized spacial score (nSPS) is 12.0. The Morgan fingerprint density at radius 3 is 2.74 bits per heavy atom. The Hall–Kier alpha value is -3.25. The van der Waals surface area contributed by atoms with Gasteiger partial charge in [-0.2, -0.15) is 0 Å². The molecule has 0 radical (unpaired) electrons. The summed E-state index contributed by atoms with van der Waals surface area (Å²) in [6.45, 7) is 1.91.